The van der Waals surface area contributed by atoms with E-state index in [1.165, 1.54) is 7.11 Å². The molecule has 0 aliphatic rings. The number of alkyl carbamates (subject to hydrolysis) is 1. The maximum absolute atomic E-state index is 11.3. The van der Waals surface area contributed by atoms with E-state index < -0.39 is 17.9 Å². The second-order valence-corrected chi connectivity index (χ2v) is 4.94. The molecular weight excluding hydrogens is 264 g/mol. The van der Waals surface area contributed by atoms with E-state index in [0.717, 1.165) is 0 Å². The van der Waals surface area contributed by atoms with Crippen molar-refractivity contribution in [3.05, 3.63) is 0 Å². The highest BCUT2D eigenvalue weighted by Gasteiger charge is 2.19. The van der Waals surface area contributed by atoms with Gasteiger partial charge in [-0.25, -0.2) is 4.79 Å². The Bertz CT molecular complexity index is 238. The molecule has 0 spiro atoms. The van der Waals surface area contributed by atoms with Crippen LogP contribution in [0, 0.1) is 5.41 Å². The molecule has 5 nitrogen and oxygen atoms in total. The van der Waals surface area contributed by atoms with Gasteiger partial charge in [-0.05, 0) is 36.7 Å². The molecule has 0 saturated carbocycles. The van der Waals surface area contributed by atoms with Crippen LogP contribution in [0.25, 0.3) is 0 Å². The lowest BCUT2D eigenvalue weighted by atomic mass is 10.2. The molecule has 0 fully saturated rings. The van der Waals surface area contributed by atoms with E-state index in [1.807, 2.05) is 0 Å². The van der Waals surface area contributed by atoms with Crippen LogP contribution in [-0.2, 0) is 9.47 Å². The third-order valence-electron chi connectivity index (χ3n) is 1.33. The molecule has 0 radical (unpaired) electrons. The van der Waals surface area contributed by atoms with Gasteiger partial charge in [0.2, 0.25) is 0 Å². The van der Waals surface area contributed by atoms with Gasteiger partial charge in [-0.3, -0.25) is 10.7 Å². The van der Waals surface area contributed by atoms with Crippen molar-refractivity contribution in [3.63, 3.8) is 0 Å². The van der Waals surface area contributed by atoms with Gasteiger partial charge >= 0.3 is 6.09 Å². The monoisotopic (exact) mass is 280 g/mol. The maximum Gasteiger partial charge on any atom is 0.409 e. The quantitative estimate of drug-likeness (QED) is 0.613. The van der Waals surface area contributed by atoms with Crippen LogP contribution in [0.1, 0.15) is 27.2 Å². The lowest BCUT2D eigenvalue weighted by molar-refractivity contribution is 0.0260. The van der Waals surface area contributed by atoms with Gasteiger partial charge in [0.25, 0.3) is 0 Å². The van der Waals surface area contributed by atoms with Crippen molar-refractivity contribution in [2.24, 2.45) is 0 Å². The van der Waals surface area contributed by atoms with Crippen LogP contribution in [0.3, 0.4) is 0 Å². The van der Waals surface area contributed by atoms with Crippen LogP contribution < -0.4 is 5.32 Å². The fourth-order valence-electron chi connectivity index (χ4n) is 0.795. The van der Waals surface area contributed by atoms with Crippen LogP contribution in [0.15, 0.2) is 0 Å². The van der Waals surface area contributed by atoms with Crippen LogP contribution in [0.5, 0.6) is 0 Å². The van der Waals surface area contributed by atoms with E-state index in [2.05, 4.69) is 21.2 Å². The molecule has 6 heteroatoms. The van der Waals surface area contributed by atoms with E-state index >= 15 is 0 Å². The molecule has 0 bridgehead atoms. The number of hydrogen-bond donors (Lipinski definition) is 2. The molecule has 0 aliphatic heterocycles. The number of amides is 1. The van der Waals surface area contributed by atoms with Crippen LogP contribution in [-0.4, -0.2) is 29.7 Å². The first-order valence-electron chi connectivity index (χ1n) is 4.50. The molecule has 0 saturated heterocycles. The predicted molar refractivity (Wildman–Crippen MR) is 61.4 cm³/mol. The van der Waals surface area contributed by atoms with Crippen LogP contribution in [0.4, 0.5) is 4.79 Å². The first kappa shape index (κ1) is 14.4. The van der Waals surface area contributed by atoms with Gasteiger partial charge in [0.05, 0.1) is 4.62 Å². The molecule has 0 aromatic heterocycles. The minimum atomic E-state index is -0.553. The number of nitrogens with one attached hydrogen (secondary N) is 2. The average Bonchev–Trinajstić information content (AvgIpc) is 1.98. The number of ether oxygens (including phenoxy) is 2. The summed E-state index contributed by atoms with van der Waals surface area (Å²) < 4.78 is 10.3. The van der Waals surface area contributed by atoms with Crippen molar-refractivity contribution in [3.8, 4) is 0 Å². The predicted octanol–water partition coefficient (Wildman–Crippen LogP) is 2.25. The van der Waals surface area contributed by atoms with Crippen molar-refractivity contribution in [1.82, 2.24) is 5.32 Å². The summed E-state index contributed by atoms with van der Waals surface area (Å²) in [5.74, 6) is 0. The van der Waals surface area contributed by atoms with E-state index in [1.54, 1.807) is 20.8 Å². The molecule has 0 aromatic rings. The Hall–Kier alpha value is -0.620. The van der Waals surface area contributed by atoms with Gasteiger partial charge in [0.15, 0.2) is 0 Å². The summed E-state index contributed by atoms with van der Waals surface area (Å²) in [5.41, 5.74) is -0.537. The van der Waals surface area contributed by atoms with Crippen LogP contribution in [0.2, 0.25) is 0 Å². The largest absolute Gasteiger partial charge is 0.444 e. The minimum Gasteiger partial charge on any atom is -0.444 e. The Balaban J connectivity index is 4.07. The van der Waals surface area contributed by atoms with Gasteiger partial charge < -0.3 is 9.47 Å². The Morgan fingerprint density at radius 1 is 1.53 bits per heavy atom. The Kier molecular flexibility index (Phi) is 5.82. The Morgan fingerprint density at radius 3 is 2.40 bits per heavy atom. The highest BCUT2D eigenvalue weighted by molar-refractivity contribution is 9.18. The van der Waals surface area contributed by atoms with E-state index in [9.17, 15) is 4.79 Å². The highest BCUT2D eigenvalue weighted by atomic mass is 79.9. The molecule has 1 atom stereocenters. The molecule has 0 rings (SSSR count). The average molecular weight is 281 g/mol. The number of halogens is 1. The second kappa shape index (κ2) is 6.07. The number of rotatable bonds is 4. The van der Waals surface area contributed by atoms with Crippen molar-refractivity contribution < 1.29 is 14.3 Å². The molecular formula is C9H17BrN2O3. The zero-order valence-electron chi connectivity index (χ0n) is 9.39. The third kappa shape index (κ3) is 8.38. The number of hydrogen-bond acceptors (Lipinski definition) is 4. The van der Waals surface area contributed by atoms with Gasteiger partial charge in [-0.15, -0.1) is 0 Å². The molecule has 0 aliphatic carbocycles. The first-order valence-corrected chi connectivity index (χ1v) is 5.29. The lowest BCUT2D eigenvalue weighted by Crippen LogP contribution is -2.40. The van der Waals surface area contributed by atoms with Gasteiger partial charge in [-0.2, -0.15) is 0 Å². The lowest BCUT2D eigenvalue weighted by Gasteiger charge is -2.22. The molecule has 2 N–H and O–H groups in total. The number of methoxy groups -OCH3 is 1. The first-order chi connectivity index (χ1) is 6.74. The number of carbonyl (C=O) groups is 1. The van der Waals surface area contributed by atoms with Gasteiger partial charge in [-0.1, -0.05) is 0 Å². The van der Waals surface area contributed by atoms with Crippen molar-refractivity contribution in [2.75, 3.05) is 7.11 Å². The van der Waals surface area contributed by atoms with E-state index in [0.29, 0.717) is 0 Å². The second-order valence-electron chi connectivity index (χ2n) is 3.98. The summed E-state index contributed by atoms with van der Waals surface area (Å²) in [6.07, 6.45) is -0.828. The molecule has 0 heterocycles. The summed E-state index contributed by atoms with van der Waals surface area (Å²) in [6, 6.07) is 0. The van der Waals surface area contributed by atoms with Crippen molar-refractivity contribution in [1.29, 1.82) is 5.41 Å². The SMILES string of the molecule is COC(CC(=N)Br)NC(=O)OC(C)(C)C. The Morgan fingerprint density at radius 2 is 2.07 bits per heavy atom. The van der Waals surface area contributed by atoms with Crippen molar-refractivity contribution >= 4 is 26.6 Å². The normalized spacial score (nSPS) is 13.1. The zero-order valence-corrected chi connectivity index (χ0v) is 11.0. The maximum atomic E-state index is 11.3. The summed E-state index contributed by atoms with van der Waals surface area (Å²) in [7, 11) is 1.46. The van der Waals surface area contributed by atoms with E-state index in [4.69, 9.17) is 14.9 Å². The van der Waals surface area contributed by atoms with Gasteiger partial charge in [0, 0.05) is 13.5 Å². The fraction of sp³-hybridized carbons (Fsp3) is 0.778. The van der Waals surface area contributed by atoms with E-state index in [-0.39, 0.29) is 11.0 Å². The topological polar surface area (TPSA) is 71.4 Å². The summed E-state index contributed by atoms with van der Waals surface area (Å²) in [6.45, 7) is 5.34. The smallest absolute Gasteiger partial charge is 0.409 e. The minimum absolute atomic E-state index is 0.255. The molecule has 0 aromatic carbocycles. The molecule has 1 unspecified atom stereocenters. The fourth-order valence-corrected chi connectivity index (χ4v) is 1.09. The zero-order chi connectivity index (χ0) is 12.1. The summed E-state index contributed by atoms with van der Waals surface area (Å²) >= 11 is 2.98. The number of carbonyl (C=O) groups excluding carboxylic acids is 1. The Labute approximate surface area is 98.2 Å². The van der Waals surface area contributed by atoms with Crippen molar-refractivity contribution in [2.45, 2.75) is 39.0 Å². The summed E-state index contributed by atoms with van der Waals surface area (Å²) in [5, 5.41) is 9.70. The summed E-state index contributed by atoms with van der Waals surface area (Å²) in [4.78, 5) is 11.3. The molecule has 1 amide bonds. The van der Waals surface area contributed by atoms with Crippen LogP contribution >= 0.6 is 15.9 Å². The highest BCUT2D eigenvalue weighted by Crippen LogP contribution is 2.07. The molecule has 15 heavy (non-hydrogen) atoms. The molecule has 88 valence electrons. The van der Waals surface area contributed by atoms with Gasteiger partial charge in [0.1, 0.15) is 11.8 Å². The third-order valence-corrected chi connectivity index (χ3v) is 1.65. The standard InChI is InChI=1S/C9H17BrN2O3/c1-9(2,3)15-8(13)12-7(14-4)5-6(10)11/h7,11H,5H2,1-4H3,(H,12,13).